The van der Waals surface area contributed by atoms with Gasteiger partial charge in [0.15, 0.2) is 11.6 Å². The summed E-state index contributed by atoms with van der Waals surface area (Å²) in [4.78, 5) is 25.5. The van der Waals surface area contributed by atoms with Gasteiger partial charge in [-0.15, -0.1) is 0 Å². The van der Waals surface area contributed by atoms with E-state index in [1.54, 1.807) is 6.92 Å². The molecule has 0 N–H and O–H groups in total. The maximum absolute atomic E-state index is 13.3. The van der Waals surface area contributed by atoms with Gasteiger partial charge in [-0.25, -0.2) is 0 Å². The van der Waals surface area contributed by atoms with Crippen LogP contribution in [-0.4, -0.2) is 16.1 Å². The molecule has 0 aliphatic heterocycles. The van der Waals surface area contributed by atoms with Crippen LogP contribution in [0.1, 0.15) is 94.8 Å². The van der Waals surface area contributed by atoms with Gasteiger partial charge in [-0.05, 0) is 73.8 Å². The summed E-state index contributed by atoms with van der Waals surface area (Å²) >= 11 is 0. The minimum Gasteiger partial charge on any atom is -0.344 e. The number of Topliss-reactive ketones (excluding diaryl/α,β-unsaturated/α-hetero) is 2. The first-order valence-corrected chi connectivity index (χ1v) is 13.0. The zero-order chi connectivity index (χ0) is 24.5. The lowest BCUT2D eigenvalue weighted by Gasteiger charge is -2.22. The van der Waals surface area contributed by atoms with Gasteiger partial charge in [-0.1, -0.05) is 65.2 Å². The Balaban J connectivity index is 1.78. The highest BCUT2D eigenvalue weighted by atomic mass is 16.1. The van der Waals surface area contributed by atoms with Gasteiger partial charge in [0, 0.05) is 39.8 Å². The predicted octanol–water partition coefficient (Wildman–Crippen LogP) is 7.87. The van der Waals surface area contributed by atoms with Crippen LogP contribution in [0.4, 0.5) is 0 Å². The first kappa shape index (κ1) is 24.4. The van der Waals surface area contributed by atoms with E-state index in [0.29, 0.717) is 5.92 Å². The summed E-state index contributed by atoms with van der Waals surface area (Å²) in [6, 6.07) is 6.18. The van der Waals surface area contributed by atoms with Gasteiger partial charge in [0.25, 0.3) is 0 Å². The van der Waals surface area contributed by atoms with Crippen LogP contribution in [0.2, 0.25) is 0 Å². The zero-order valence-corrected chi connectivity index (χ0v) is 21.5. The van der Waals surface area contributed by atoms with Crippen molar-refractivity contribution in [2.24, 2.45) is 11.3 Å². The van der Waals surface area contributed by atoms with E-state index >= 15 is 0 Å². The van der Waals surface area contributed by atoms with Crippen molar-refractivity contribution >= 4 is 28.5 Å². The van der Waals surface area contributed by atoms with Crippen molar-refractivity contribution < 1.29 is 9.59 Å². The number of carbonyl (C=O) groups excluding carboxylic acids is 2. The van der Waals surface area contributed by atoms with Crippen LogP contribution in [0, 0.1) is 11.3 Å². The van der Waals surface area contributed by atoms with E-state index in [-0.39, 0.29) is 17.0 Å². The van der Waals surface area contributed by atoms with E-state index < -0.39 is 0 Å². The molecule has 34 heavy (non-hydrogen) atoms. The van der Waals surface area contributed by atoms with Crippen molar-refractivity contribution in [3.8, 4) is 0 Å². The van der Waals surface area contributed by atoms with Crippen molar-refractivity contribution in [3.05, 3.63) is 64.4 Å². The number of nitrogens with zero attached hydrogens (tertiary/aromatic N) is 1. The predicted molar refractivity (Wildman–Crippen MR) is 142 cm³/mol. The maximum atomic E-state index is 13.3. The largest absolute Gasteiger partial charge is 0.344 e. The van der Waals surface area contributed by atoms with Crippen LogP contribution in [0.25, 0.3) is 17.0 Å². The molecule has 0 spiro atoms. The number of hydrogen-bond acceptors (Lipinski definition) is 2. The summed E-state index contributed by atoms with van der Waals surface area (Å²) in [5, 5.41) is 1.10. The van der Waals surface area contributed by atoms with Gasteiger partial charge in [0.05, 0.1) is 0 Å². The molecule has 0 radical (unpaired) electrons. The number of benzene rings is 1. The zero-order valence-electron chi connectivity index (χ0n) is 21.5. The molecule has 1 atom stereocenters. The lowest BCUT2D eigenvalue weighted by atomic mass is 9.82. The number of rotatable bonds is 9. The molecule has 0 saturated carbocycles. The molecule has 0 amide bonds. The monoisotopic (exact) mass is 457 g/mol. The topological polar surface area (TPSA) is 39.1 Å². The second-order valence-electron chi connectivity index (χ2n) is 10.9. The van der Waals surface area contributed by atoms with E-state index in [1.165, 1.54) is 30.5 Å². The first-order valence-electron chi connectivity index (χ1n) is 13.0. The van der Waals surface area contributed by atoms with Crippen molar-refractivity contribution in [1.82, 2.24) is 4.57 Å². The Morgan fingerprint density at radius 2 is 1.94 bits per heavy atom. The fourth-order valence-electron chi connectivity index (χ4n) is 5.33. The van der Waals surface area contributed by atoms with Crippen LogP contribution in [0.15, 0.2) is 47.6 Å². The molecule has 1 heterocycles. The van der Waals surface area contributed by atoms with Crippen molar-refractivity contribution in [2.45, 2.75) is 86.1 Å². The summed E-state index contributed by atoms with van der Waals surface area (Å²) in [5.74, 6) is 0.865. The fourth-order valence-corrected chi connectivity index (χ4v) is 5.33. The van der Waals surface area contributed by atoms with Gasteiger partial charge in [-0.2, -0.15) is 0 Å². The Bertz CT molecular complexity index is 1200. The van der Waals surface area contributed by atoms with Crippen molar-refractivity contribution in [3.63, 3.8) is 0 Å². The Kier molecular flexibility index (Phi) is 7.12. The molecule has 1 aromatic heterocycles. The summed E-state index contributed by atoms with van der Waals surface area (Å²) in [7, 11) is 0. The third-order valence-corrected chi connectivity index (χ3v) is 7.69. The van der Waals surface area contributed by atoms with E-state index in [9.17, 15) is 9.59 Å². The summed E-state index contributed by atoms with van der Waals surface area (Å²) in [6.45, 7) is 11.6. The minimum absolute atomic E-state index is 0.0797. The second kappa shape index (κ2) is 9.90. The fraction of sp³-hybridized carbons (Fsp3) is 0.484. The summed E-state index contributed by atoms with van der Waals surface area (Å²) in [6.07, 6.45) is 15.7. The molecule has 180 valence electrons. The van der Waals surface area contributed by atoms with E-state index in [0.717, 1.165) is 59.9 Å². The number of fused-ring (bicyclic) bond motifs is 3. The van der Waals surface area contributed by atoms with Crippen LogP contribution in [0.5, 0.6) is 0 Å². The van der Waals surface area contributed by atoms with Crippen LogP contribution < -0.4 is 0 Å². The third-order valence-electron chi connectivity index (χ3n) is 7.69. The lowest BCUT2D eigenvalue weighted by molar-refractivity contribution is -0.113. The van der Waals surface area contributed by atoms with Gasteiger partial charge >= 0.3 is 0 Å². The SMILES string of the molecule is CCCCC(CC)Cn1c2c(c3cc(C(=O)C4=CCC(C)(C)C=C4)ccc31)C=C(C(C)=O)CC2. The smallest absolute Gasteiger partial charge is 0.192 e. The highest BCUT2D eigenvalue weighted by Crippen LogP contribution is 2.36. The second-order valence-corrected chi connectivity index (χ2v) is 10.9. The van der Waals surface area contributed by atoms with Crippen LogP contribution in [0.3, 0.4) is 0 Å². The van der Waals surface area contributed by atoms with Gasteiger partial charge in [0.1, 0.15) is 0 Å². The average Bonchev–Trinajstić information content (AvgIpc) is 3.13. The number of allylic oxidation sites excluding steroid dienone is 5. The quantitative estimate of drug-likeness (QED) is 0.359. The Morgan fingerprint density at radius 1 is 1.15 bits per heavy atom. The lowest BCUT2D eigenvalue weighted by Crippen LogP contribution is -2.15. The Labute approximate surface area is 204 Å². The van der Waals surface area contributed by atoms with E-state index in [4.69, 9.17) is 0 Å². The molecule has 4 rings (SSSR count). The molecule has 1 aromatic carbocycles. The summed E-state index contributed by atoms with van der Waals surface area (Å²) < 4.78 is 2.48. The average molecular weight is 458 g/mol. The molecule has 2 aromatic rings. The number of ketones is 2. The highest BCUT2D eigenvalue weighted by Gasteiger charge is 2.25. The van der Waals surface area contributed by atoms with Crippen LogP contribution in [-0.2, 0) is 17.8 Å². The standard InChI is InChI=1S/C31H39NO2/c1-6-8-9-22(7-2)20-32-28-12-10-24(21(3)33)18-26(28)27-19-25(11-13-29(27)32)30(34)23-14-16-31(4,5)17-15-23/h11,13-16,18-19,22H,6-10,12,17,20H2,1-5H3. The van der Waals surface area contributed by atoms with Gasteiger partial charge in [0.2, 0.25) is 0 Å². The molecule has 0 bridgehead atoms. The normalized spacial score (nSPS) is 17.8. The molecule has 0 saturated heterocycles. The molecule has 0 fully saturated rings. The van der Waals surface area contributed by atoms with Crippen molar-refractivity contribution in [2.75, 3.05) is 0 Å². The minimum atomic E-state index is 0.0797. The summed E-state index contributed by atoms with van der Waals surface area (Å²) in [5.41, 5.74) is 6.14. The number of aromatic nitrogens is 1. The van der Waals surface area contributed by atoms with E-state index in [2.05, 4.69) is 62.6 Å². The molecule has 2 aliphatic carbocycles. The van der Waals surface area contributed by atoms with Crippen molar-refractivity contribution in [1.29, 1.82) is 0 Å². The van der Waals surface area contributed by atoms with Crippen LogP contribution >= 0.6 is 0 Å². The van der Waals surface area contributed by atoms with Gasteiger partial charge in [-0.3, -0.25) is 9.59 Å². The number of unbranched alkanes of at least 4 members (excludes halogenated alkanes) is 1. The highest BCUT2D eigenvalue weighted by molar-refractivity contribution is 6.13. The molecule has 3 heteroatoms. The molecule has 2 aliphatic rings. The Morgan fingerprint density at radius 3 is 2.59 bits per heavy atom. The maximum Gasteiger partial charge on any atom is 0.192 e. The molecular weight excluding hydrogens is 418 g/mol. The molecule has 3 nitrogen and oxygen atoms in total. The molecule has 1 unspecified atom stereocenters. The third kappa shape index (κ3) is 4.89. The number of hydrogen-bond donors (Lipinski definition) is 0. The van der Waals surface area contributed by atoms with E-state index in [1.807, 2.05) is 12.1 Å². The molecular formula is C31H39NO2. The Hall–Kier alpha value is -2.68. The number of carbonyl (C=O) groups is 2. The van der Waals surface area contributed by atoms with Gasteiger partial charge < -0.3 is 4.57 Å². The first-order chi connectivity index (χ1) is 16.2.